The molecule has 1 saturated heterocycles. The first-order valence-electron chi connectivity index (χ1n) is 11.7. The topological polar surface area (TPSA) is 63.7 Å². The molecule has 0 aromatic carbocycles. The maximum Gasteiger partial charge on any atom is 0.160 e. The van der Waals surface area contributed by atoms with Crippen molar-refractivity contribution in [1.82, 2.24) is 19.9 Å². The van der Waals surface area contributed by atoms with Gasteiger partial charge in [0.2, 0.25) is 0 Å². The summed E-state index contributed by atoms with van der Waals surface area (Å²) in [6.07, 6.45) is 6.64. The molecule has 2 aliphatic heterocycles. The van der Waals surface area contributed by atoms with Gasteiger partial charge in [0.15, 0.2) is 5.82 Å². The highest BCUT2D eigenvalue weighted by Crippen LogP contribution is 2.34. The van der Waals surface area contributed by atoms with Crippen LogP contribution in [0, 0.1) is 0 Å². The van der Waals surface area contributed by atoms with Crippen molar-refractivity contribution >= 4 is 23.1 Å². The second kappa shape index (κ2) is 10.2. The van der Waals surface area contributed by atoms with Crippen LogP contribution >= 0.6 is 0 Å². The number of rotatable bonds is 5. The number of hydrogen-bond acceptors (Lipinski definition) is 8. The van der Waals surface area contributed by atoms with Crippen LogP contribution in [0.1, 0.15) is 33.1 Å². The predicted molar refractivity (Wildman–Crippen MR) is 132 cm³/mol. The van der Waals surface area contributed by atoms with Crippen LogP contribution in [0.4, 0.5) is 23.1 Å². The zero-order valence-corrected chi connectivity index (χ0v) is 19.7. The Morgan fingerprint density at radius 3 is 2.62 bits per heavy atom. The quantitative estimate of drug-likeness (QED) is 0.765. The third-order valence-corrected chi connectivity index (χ3v) is 6.40. The van der Waals surface area contributed by atoms with Crippen molar-refractivity contribution in [2.24, 2.45) is 0 Å². The molecule has 4 rings (SSSR count). The van der Waals surface area contributed by atoms with Crippen LogP contribution in [0.3, 0.4) is 0 Å². The monoisotopic (exact) mass is 436 g/mol. The Kier molecular flexibility index (Phi) is 7.09. The Hall–Kier alpha value is -2.87. The SMILES string of the molecule is C=C(Nc1ccncn1)N1CCCCN(C)c2ccc(N3CCCN(C(C)C)CC3)nc21. The summed E-state index contributed by atoms with van der Waals surface area (Å²) in [5.41, 5.74) is 1.14. The van der Waals surface area contributed by atoms with E-state index in [2.05, 4.69) is 74.5 Å². The minimum atomic E-state index is 0.582. The Bertz CT molecular complexity index is 900. The van der Waals surface area contributed by atoms with Gasteiger partial charge in [-0.25, -0.2) is 15.0 Å². The Labute approximate surface area is 192 Å². The Morgan fingerprint density at radius 2 is 1.84 bits per heavy atom. The fraction of sp³-hybridized carbons (Fsp3) is 0.542. The lowest BCUT2D eigenvalue weighted by molar-refractivity contribution is 0.238. The van der Waals surface area contributed by atoms with Crippen LogP contribution in [0.15, 0.2) is 43.1 Å². The average molecular weight is 437 g/mol. The molecule has 0 atom stereocenters. The first-order chi connectivity index (χ1) is 15.5. The van der Waals surface area contributed by atoms with E-state index in [1.54, 1.807) is 12.5 Å². The van der Waals surface area contributed by atoms with Crippen LogP contribution in [0.5, 0.6) is 0 Å². The zero-order valence-electron chi connectivity index (χ0n) is 19.7. The van der Waals surface area contributed by atoms with Gasteiger partial charge in [-0.05, 0) is 51.3 Å². The number of hydrogen-bond donors (Lipinski definition) is 1. The molecule has 0 unspecified atom stereocenters. The summed E-state index contributed by atoms with van der Waals surface area (Å²) in [5, 5.41) is 3.34. The number of nitrogens with one attached hydrogen (secondary N) is 1. The molecule has 1 N–H and O–H groups in total. The summed E-state index contributed by atoms with van der Waals surface area (Å²) in [7, 11) is 2.15. The maximum atomic E-state index is 5.20. The van der Waals surface area contributed by atoms with E-state index >= 15 is 0 Å². The van der Waals surface area contributed by atoms with E-state index in [-0.39, 0.29) is 0 Å². The summed E-state index contributed by atoms with van der Waals surface area (Å²) in [6, 6.07) is 6.84. The van der Waals surface area contributed by atoms with Crippen LogP contribution < -0.4 is 20.0 Å². The minimum Gasteiger partial charge on any atom is -0.372 e. The summed E-state index contributed by atoms with van der Waals surface area (Å²) in [6.45, 7) is 15.0. The molecule has 0 saturated carbocycles. The lowest BCUT2D eigenvalue weighted by Gasteiger charge is -2.34. The van der Waals surface area contributed by atoms with Crippen molar-refractivity contribution in [3.8, 4) is 0 Å². The smallest absolute Gasteiger partial charge is 0.160 e. The molecule has 1 fully saturated rings. The number of aromatic nitrogens is 3. The van der Waals surface area contributed by atoms with Crippen molar-refractivity contribution in [1.29, 1.82) is 0 Å². The molecule has 32 heavy (non-hydrogen) atoms. The number of anilines is 4. The zero-order chi connectivity index (χ0) is 22.5. The number of pyridine rings is 1. The molecule has 0 spiro atoms. The first-order valence-corrected chi connectivity index (χ1v) is 11.7. The van der Waals surface area contributed by atoms with E-state index in [4.69, 9.17) is 4.98 Å². The highest BCUT2D eigenvalue weighted by Gasteiger charge is 2.24. The minimum absolute atomic E-state index is 0.582. The average Bonchev–Trinajstić information content (AvgIpc) is 3.04. The molecule has 2 aromatic heterocycles. The second-order valence-corrected chi connectivity index (χ2v) is 8.93. The van der Waals surface area contributed by atoms with Crippen molar-refractivity contribution in [2.75, 3.05) is 66.3 Å². The van der Waals surface area contributed by atoms with Crippen LogP contribution in [0.25, 0.3) is 0 Å². The largest absolute Gasteiger partial charge is 0.372 e. The molecular weight excluding hydrogens is 400 g/mol. The number of fused-ring (bicyclic) bond motifs is 1. The van der Waals surface area contributed by atoms with E-state index in [1.807, 2.05) is 6.07 Å². The highest BCUT2D eigenvalue weighted by atomic mass is 15.3. The van der Waals surface area contributed by atoms with E-state index in [1.165, 1.54) is 0 Å². The van der Waals surface area contributed by atoms with E-state index in [9.17, 15) is 0 Å². The van der Waals surface area contributed by atoms with Gasteiger partial charge in [0, 0.05) is 58.6 Å². The van der Waals surface area contributed by atoms with Gasteiger partial charge in [0.1, 0.15) is 23.8 Å². The van der Waals surface area contributed by atoms with Gasteiger partial charge in [0.05, 0.1) is 5.69 Å². The molecule has 2 aliphatic rings. The van der Waals surface area contributed by atoms with Crippen LogP contribution in [0.2, 0.25) is 0 Å². The molecule has 8 heteroatoms. The third kappa shape index (κ3) is 5.12. The molecule has 0 amide bonds. The first kappa shape index (κ1) is 22.3. The Morgan fingerprint density at radius 1 is 1.00 bits per heavy atom. The van der Waals surface area contributed by atoms with Gasteiger partial charge < -0.3 is 20.0 Å². The van der Waals surface area contributed by atoms with Gasteiger partial charge >= 0.3 is 0 Å². The van der Waals surface area contributed by atoms with Gasteiger partial charge in [0.25, 0.3) is 0 Å². The van der Waals surface area contributed by atoms with Gasteiger partial charge in [-0.3, -0.25) is 4.90 Å². The van der Waals surface area contributed by atoms with Crippen LogP contribution in [-0.2, 0) is 0 Å². The van der Waals surface area contributed by atoms with Crippen LogP contribution in [-0.4, -0.2) is 72.2 Å². The van der Waals surface area contributed by atoms with E-state index in [0.717, 1.165) is 87.5 Å². The molecule has 2 aromatic rings. The predicted octanol–water partition coefficient (Wildman–Crippen LogP) is 3.41. The normalized spacial score (nSPS) is 18.1. The summed E-state index contributed by atoms with van der Waals surface area (Å²) >= 11 is 0. The van der Waals surface area contributed by atoms with E-state index < -0.39 is 0 Å². The summed E-state index contributed by atoms with van der Waals surface area (Å²) in [5.74, 6) is 3.52. The molecule has 172 valence electrons. The molecular formula is C24H36N8. The van der Waals surface area contributed by atoms with Gasteiger partial charge in [-0.15, -0.1) is 0 Å². The Balaban J connectivity index is 1.62. The lowest BCUT2D eigenvalue weighted by Crippen LogP contribution is -2.36. The molecule has 4 heterocycles. The highest BCUT2D eigenvalue weighted by molar-refractivity contribution is 5.73. The number of nitrogens with zero attached hydrogens (tertiary/aromatic N) is 7. The van der Waals surface area contributed by atoms with Crippen molar-refractivity contribution in [3.05, 3.63) is 43.1 Å². The fourth-order valence-corrected chi connectivity index (χ4v) is 4.47. The molecule has 0 radical (unpaired) electrons. The third-order valence-electron chi connectivity index (χ3n) is 6.40. The summed E-state index contributed by atoms with van der Waals surface area (Å²) < 4.78 is 0. The molecule has 8 nitrogen and oxygen atoms in total. The second-order valence-electron chi connectivity index (χ2n) is 8.93. The molecule has 0 bridgehead atoms. The van der Waals surface area contributed by atoms with Crippen molar-refractivity contribution in [2.45, 2.75) is 39.2 Å². The maximum absolute atomic E-state index is 5.20. The standard InChI is InChI=1S/C24H36N8/c1-19(2)30-13-7-14-31(17-16-30)23-9-8-21-24(28-23)32(15-6-5-12-29(21)4)20(3)27-22-10-11-25-18-26-22/h8-11,18-19H,3,5-7,12-17H2,1-2,4H3,(H,25,26,27). The van der Waals surface area contributed by atoms with Crippen molar-refractivity contribution < 1.29 is 0 Å². The molecule has 0 aliphatic carbocycles. The lowest BCUT2D eigenvalue weighted by atomic mass is 10.2. The summed E-state index contributed by atoms with van der Waals surface area (Å²) in [4.78, 5) is 23.0. The van der Waals surface area contributed by atoms with E-state index in [0.29, 0.717) is 6.04 Å². The van der Waals surface area contributed by atoms with Crippen molar-refractivity contribution in [3.63, 3.8) is 0 Å². The van der Waals surface area contributed by atoms with Gasteiger partial charge in [-0.1, -0.05) is 6.58 Å². The fourth-order valence-electron chi connectivity index (χ4n) is 4.47. The van der Waals surface area contributed by atoms with Gasteiger partial charge in [-0.2, -0.15) is 0 Å².